The number of fused-ring (bicyclic) bond motifs is 1. The van der Waals surface area contributed by atoms with Crippen LogP contribution in [0.4, 0.5) is 0 Å². The van der Waals surface area contributed by atoms with Gasteiger partial charge in [-0.15, -0.1) is 0 Å². The number of para-hydroxylation sites is 1. The van der Waals surface area contributed by atoms with Gasteiger partial charge < -0.3 is 14.0 Å². The number of nitrogens with zero attached hydrogens (tertiary/aromatic N) is 2. The molecule has 2 aromatic rings. The van der Waals surface area contributed by atoms with Crippen molar-refractivity contribution in [3.05, 3.63) is 41.3 Å². The first-order chi connectivity index (χ1) is 10.3. The van der Waals surface area contributed by atoms with Crippen LogP contribution in [0.25, 0.3) is 0 Å². The lowest BCUT2D eigenvalue weighted by Crippen LogP contribution is -2.27. The van der Waals surface area contributed by atoms with Crippen LogP contribution in [0.15, 0.2) is 28.8 Å². The van der Waals surface area contributed by atoms with Gasteiger partial charge in [-0.3, -0.25) is 4.90 Å². The van der Waals surface area contributed by atoms with E-state index < -0.39 is 0 Å². The highest BCUT2D eigenvalue weighted by Crippen LogP contribution is 2.33. The molecule has 5 nitrogen and oxygen atoms in total. The van der Waals surface area contributed by atoms with Crippen LogP contribution >= 0.6 is 0 Å². The van der Waals surface area contributed by atoms with E-state index in [1.54, 1.807) is 7.11 Å². The number of ether oxygens (including phenoxy) is 2. The summed E-state index contributed by atoms with van der Waals surface area (Å²) in [7, 11) is 1.67. The van der Waals surface area contributed by atoms with Gasteiger partial charge in [0.15, 0.2) is 17.3 Å². The van der Waals surface area contributed by atoms with Gasteiger partial charge in [-0.1, -0.05) is 17.3 Å². The summed E-state index contributed by atoms with van der Waals surface area (Å²) in [6.07, 6.45) is 0.977. The number of aromatic nitrogens is 1. The third-order valence-corrected chi connectivity index (χ3v) is 3.60. The third-order valence-electron chi connectivity index (χ3n) is 3.60. The molecule has 0 saturated carbocycles. The van der Waals surface area contributed by atoms with Gasteiger partial charge in [0.25, 0.3) is 0 Å². The normalized spacial score (nSPS) is 15.7. The van der Waals surface area contributed by atoms with Crippen molar-refractivity contribution in [2.45, 2.75) is 26.4 Å². The SMILES string of the molecule is COc1cccc2c1OCCCN(Cc1cc(C)no1)C2. The summed E-state index contributed by atoms with van der Waals surface area (Å²) < 4.78 is 16.6. The van der Waals surface area contributed by atoms with Gasteiger partial charge in [0.1, 0.15) is 0 Å². The molecule has 0 atom stereocenters. The Morgan fingerprint density at radius 1 is 1.38 bits per heavy atom. The van der Waals surface area contributed by atoms with Crippen LogP contribution in [0, 0.1) is 6.92 Å². The van der Waals surface area contributed by atoms with Gasteiger partial charge in [0, 0.05) is 24.7 Å². The Bertz CT molecular complexity index is 609. The van der Waals surface area contributed by atoms with Crippen LogP contribution in [-0.2, 0) is 13.1 Å². The number of rotatable bonds is 3. The molecule has 1 aliphatic heterocycles. The molecule has 0 bridgehead atoms. The zero-order chi connectivity index (χ0) is 14.7. The van der Waals surface area contributed by atoms with E-state index in [4.69, 9.17) is 14.0 Å². The minimum Gasteiger partial charge on any atom is -0.493 e. The molecule has 1 aromatic heterocycles. The zero-order valence-electron chi connectivity index (χ0n) is 12.5. The highest BCUT2D eigenvalue weighted by Gasteiger charge is 2.18. The van der Waals surface area contributed by atoms with Crippen LogP contribution in [-0.4, -0.2) is 30.3 Å². The first-order valence-electron chi connectivity index (χ1n) is 7.19. The molecule has 0 saturated heterocycles. The van der Waals surface area contributed by atoms with Gasteiger partial charge in [-0.25, -0.2) is 0 Å². The van der Waals surface area contributed by atoms with Crippen LogP contribution in [0.5, 0.6) is 11.5 Å². The molecule has 1 aromatic carbocycles. The van der Waals surface area contributed by atoms with Gasteiger partial charge >= 0.3 is 0 Å². The maximum absolute atomic E-state index is 5.87. The minimum atomic E-state index is 0.694. The summed E-state index contributed by atoms with van der Waals surface area (Å²) in [5.74, 6) is 2.56. The van der Waals surface area contributed by atoms with Crippen LogP contribution in [0.2, 0.25) is 0 Å². The average Bonchev–Trinajstić information content (AvgIpc) is 2.86. The number of methoxy groups -OCH3 is 1. The average molecular weight is 288 g/mol. The molecule has 0 radical (unpaired) electrons. The lowest BCUT2D eigenvalue weighted by Gasteiger charge is -2.26. The van der Waals surface area contributed by atoms with Crippen molar-refractivity contribution in [1.82, 2.24) is 10.1 Å². The largest absolute Gasteiger partial charge is 0.493 e. The molecule has 0 unspecified atom stereocenters. The van der Waals surface area contributed by atoms with E-state index in [1.807, 2.05) is 25.1 Å². The van der Waals surface area contributed by atoms with Crippen molar-refractivity contribution in [2.24, 2.45) is 0 Å². The van der Waals surface area contributed by atoms with Gasteiger partial charge in [0.05, 0.1) is 26.0 Å². The lowest BCUT2D eigenvalue weighted by molar-refractivity contribution is 0.180. The molecule has 1 aliphatic rings. The number of benzene rings is 1. The molecule has 0 spiro atoms. The van der Waals surface area contributed by atoms with E-state index >= 15 is 0 Å². The predicted molar refractivity (Wildman–Crippen MR) is 78.5 cm³/mol. The fraction of sp³-hybridized carbons (Fsp3) is 0.438. The first kappa shape index (κ1) is 13.9. The quantitative estimate of drug-likeness (QED) is 0.869. The summed E-state index contributed by atoms with van der Waals surface area (Å²) >= 11 is 0. The first-order valence-corrected chi connectivity index (χ1v) is 7.19. The summed E-state index contributed by atoms with van der Waals surface area (Å²) in [5.41, 5.74) is 2.06. The Morgan fingerprint density at radius 3 is 3.05 bits per heavy atom. The van der Waals surface area contributed by atoms with Crippen molar-refractivity contribution in [3.63, 3.8) is 0 Å². The highest BCUT2D eigenvalue weighted by atomic mass is 16.5. The van der Waals surface area contributed by atoms with Crippen molar-refractivity contribution in [3.8, 4) is 11.5 Å². The second-order valence-electron chi connectivity index (χ2n) is 5.30. The number of hydrogen-bond donors (Lipinski definition) is 0. The second-order valence-corrected chi connectivity index (χ2v) is 5.30. The van der Waals surface area contributed by atoms with Crippen molar-refractivity contribution >= 4 is 0 Å². The van der Waals surface area contributed by atoms with Crippen LogP contribution < -0.4 is 9.47 Å². The fourth-order valence-corrected chi connectivity index (χ4v) is 2.64. The molecule has 2 heterocycles. The van der Waals surface area contributed by atoms with Crippen LogP contribution in [0.3, 0.4) is 0 Å². The maximum Gasteiger partial charge on any atom is 0.165 e. The van der Waals surface area contributed by atoms with E-state index in [2.05, 4.69) is 16.1 Å². The molecule has 0 N–H and O–H groups in total. The van der Waals surface area contributed by atoms with E-state index in [9.17, 15) is 0 Å². The minimum absolute atomic E-state index is 0.694. The Hall–Kier alpha value is -2.01. The monoisotopic (exact) mass is 288 g/mol. The molecule has 5 heteroatoms. The molecule has 0 aliphatic carbocycles. The number of aryl methyl sites for hydroxylation is 1. The smallest absolute Gasteiger partial charge is 0.165 e. The fourth-order valence-electron chi connectivity index (χ4n) is 2.64. The van der Waals surface area contributed by atoms with Crippen molar-refractivity contribution in [2.75, 3.05) is 20.3 Å². The number of hydrogen-bond acceptors (Lipinski definition) is 5. The molecule has 112 valence electrons. The third kappa shape index (κ3) is 3.19. The second kappa shape index (κ2) is 6.18. The molecule has 3 rings (SSSR count). The molecule has 21 heavy (non-hydrogen) atoms. The Morgan fingerprint density at radius 2 is 2.29 bits per heavy atom. The molecular weight excluding hydrogens is 268 g/mol. The molecular formula is C16H20N2O3. The molecule has 0 fully saturated rings. The maximum atomic E-state index is 5.87. The summed E-state index contributed by atoms with van der Waals surface area (Å²) in [4.78, 5) is 2.35. The van der Waals surface area contributed by atoms with E-state index in [-0.39, 0.29) is 0 Å². The van der Waals surface area contributed by atoms with Gasteiger partial charge in [0.2, 0.25) is 0 Å². The van der Waals surface area contributed by atoms with E-state index in [0.717, 1.165) is 54.6 Å². The predicted octanol–water partition coefficient (Wildman–Crippen LogP) is 2.78. The van der Waals surface area contributed by atoms with E-state index in [1.165, 1.54) is 0 Å². The highest BCUT2D eigenvalue weighted by molar-refractivity contribution is 5.46. The molecule has 0 amide bonds. The van der Waals surface area contributed by atoms with E-state index in [0.29, 0.717) is 6.61 Å². The zero-order valence-corrected chi connectivity index (χ0v) is 12.5. The Balaban J connectivity index is 1.81. The van der Waals surface area contributed by atoms with Gasteiger partial charge in [-0.2, -0.15) is 0 Å². The van der Waals surface area contributed by atoms with Crippen molar-refractivity contribution in [1.29, 1.82) is 0 Å². The Kier molecular flexibility index (Phi) is 4.10. The Labute approximate surface area is 124 Å². The van der Waals surface area contributed by atoms with Gasteiger partial charge in [-0.05, 0) is 19.4 Å². The van der Waals surface area contributed by atoms with Crippen molar-refractivity contribution < 1.29 is 14.0 Å². The summed E-state index contributed by atoms with van der Waals surface area (Å²) in [5, 5.41) is 3.95. The lowest BCUT2D eigenvalue weighted by atomic mass is 10.1. The topological polar surface area (TPSA) is 47.7 Å². The summed E-state index contributed by atoms with van der Waals surface area (Å²) in [6, 6.07) is 8.01. The standard InChI is InChI=1S/C16H20N2O3/c1-12-9-14(21-17-12)11-18-7-4-8-20-16-13(10-18)5-3-6-15(16)19-2/h3,5-6,9H,4,7-8,10-11H2,1-2H3. The van der Waals surface area contributed by atoms with Crippen LogP contribution in [0.1, 0.15) is 23.4 Å². The summed E-state index contributed by atoms with van der Waals surface area (Å²) in [6.45, 7) is 5.17.